The highest BCUT2D eigenvalue weighted by Gasteiger charge is 2.16. The summed E-state index contributed by atoms with van der Waals surface area (Å²) in [6.07, 6.45) is 2.54. The number of nitrogens with zero attached hydrogens (tertiary/aromatic N) is 1. The van der Waals surface area contributed by atoms with E-state index in [2.05, 4.69) is 29.4 Å². The number of rotatable bonds is 8. The largest absolute Gasteiger partial charge is 0.467 e. The average molecular weight is 436 g/mol. The summed E-state index contributed by atoms with van der Waals surface area (Å²) < 4.78 is 18.6. The number of nitrogens with one attached hydrogen (secondary N) is 2. The minimum atomic E-state index is -0.301. The second-order valence-corrected chi connectivity index (χ2v) is 7.93. The Morgan fingerprint density at radius 2 is 1.84 bits per heavy atom. The molecular weight excluding hydrogens is 413 g/mol. The average Bonchev–Trinajstić information content (AvgIpc) is 3.47. The molecule has 0 spiro atoms. The molecule has 4 aromatic rings. The van der Waals surface area contributed by atoms with E-state index in [4.69, 9.17) is 9.40 Å². The lowest BCUT2D eigenvalue weighted by molar-refractivity contribution is -0.118. The van der Waals surface area contributed by atoms with E-state index < -0.39 is 0 Å². The van der Waals surface area contributed by atoms with Crippen LogP contribution >= 0.6 is 11.8 Å². The van der Waals surface area contributed by atoms with Crippen LogP contribution in [0.5, 0.6) is 0 Å². The number of aromatic amines is 1. The minimum absolute atomic E-state index is 0.122. The number of halogens is 1. The number of benzene rings is 2. The van der Waals surface area contributed by atoms with E-state index in [1.807, 2.05) is 18.2 Å². The second-order valence-electron chi connectivity index (χ2n) is 6.97. The molecule has 2 N–H and O–H groups in total. The highest BCUT2D eigenvalue weighted by atomic mass is 32.2. The molecule has 0 aliphatic heterocycles. The van der Waals surface area contributed by atoms with Gasteiger partial charge in [-0.3, -0.25) is 4.79 Å². The van der Waals surface area contributed by atoms with Gasteiger partial charge in [-0.05, 0) is 48.4 Å². The van der Waals surface area contributed by atoms with E-state index in [-0.39, 0.29) is 17.5 Å². The first kappa shape index (κ1) is 20.9. The number of furan rings is 1. The number of hydrogen-bond donors (Lipinski definition) is 2. The molecule has 1 amide bonds. The fourth-order valence-corrected chi connectivity index (χ4v) is 3.93. The maximum atomic E-state index is 13.4. The number of amides is 1. The molecule has 0 aliphatic rings. The molecule has 0 aliphatic carbocycles. The number of aromatic nitrogens is 2. The second kappa shape index (κ2) is 9.66. The molecule has 0 atom stereocenters. The summed E-state index contributed by atoms with van der Waals surface area (Å²) in [5.74, 6) is 1.19. The van der Waals surface area contributed by atoms with E-state index in [1.165, 1.54) is 29.5 Å². The number of carbonyl (C=O) groups is 1. The van der Waals surface area contributed by atoms with E-state index in [0.717, 1.165) is 23.2 Å². The van der Waals surface area contributed by atoms with Gasteiger partial charge in [0, 0.05) is 11.1 Å². The zero-order valence-corrected chi connectivity index (χ0v) is 17.8. The van der Waals surface area contributed by atoms with Crippen LogP contribution in [0.2, 0.25) is 0 Å². The van der Waals surface area contributed by atoms with E-state index in [0.29, 0.717) is 23.2 Å². The van der Waals surface area contributed by atoms with Gasteiger partial charge in [0.1, 0.15) is 22.4 Å². The van der Waals surface area contributed by atoms with E-state index >= 15 is 0 Å². The molecule has 0 saturated heterocycles. The Hall–Kier alpha value is -3.32. The van der Waals surface area contributed by atoms with Crippen LogP contribution in [0.4, 0.5) is 4.39 Å². The molecule has 31 heavy (non-hydrogen) atoms. The first-order valence-corrected chi connectivity index (χ1v) is 11.0. The highest BCUT2D eigenvalue weighted by molar-refractivity contribution is 8.00. The van der Waals surface area contributed by atoms with Crippen LogP contribution in [0.1, 0.15) is 18.2 Å². The molecule has 0 radical (unpaired) electrons. The van der Waals surface area contributed by atoms with Crippen LogP contribution < -0.4 is 5.32 Å². The summed E-state index contributed by atoms with van der Waals surface area (Å²) in [5, 5.41) is 3.52. The quantitative estimate of drug-likeness (QED) is 0.361. The zero-order valence-electron chi connectivity index (χ0n) is 17.0. The zero-order chi connectivity index (χ0) is 21.6. The summed E-state index contributed by atoms with van der Waals surface area (Å²) in [4.78, 5) is 20.4. The highest BCUT2D eigenvalue weighted by Crippen LogP contribution is 2.32. The van der Waals surface area contributed by atoms with Crippen molar-refractivity contribution in [3.63, 3.8) is 0 Å². The predicted octanol–water partition coefficient (Wildman–Crippen LogP) is 5.45. The maximum Gasteiger partial charge on any atom is 0.230 e. The van der Waals surface area contributed by atoms with Crippen molar-refractivity contribution in [2.45, 2.75) is 24.9 Å². The van der Waals surface area contributed by atoms with Gasteiger partial charge in [0.2, 0.25) is 5.91 Å². The Kier molecular flexibility index (Phi) is 6.52. The number of H-pyrrole nitrogens is 1. The third-order valence-electron chi connectivity index (χ3n) is 4.82. The SMILES string of the molecule is CCc1ccc(-c2nc(SCC(=O)NCc3ccco3)c(-c3ccc(F)cc3)[nH]2)cc1. The Morgan fingerprint density at radius 1 is 1.10 bits per heavy atom. The van der Waals surface area contributed by atoms with Gasteiger partial charge in [-0.2, -0.15) is 0 Å². The van der Waals surface area contributed by atoms with Gasteiger partial charge in [-0.1, -0.05) is 43.0 Å². The number of aryl methyl sites for hydroxylation is 1. The van der Waals surface area contributed by atoms with Gasteiger partial charge >= 0.3 is 0 Å². The normalized spacial score (nSPS) is 10.9. The number of imidazole rings is 1. The molecule has 2 aromatic carbocycles. The summed E-state index contributed by atoms with van der Waals surface area (Å²) in [6.45, 7) is 2.45. The van der Waals surface area contributed by atoms with Crippen molar-refractivity contribution in [2.75, 3.05) is 5.75 Å². The Bertz CT molecular complexity index is 1140. The summed E-state index contributed by atoms with van der Waals surface area (Å²) in [7, 11) is 0. The Balaban J connectivity index is 1.54. The van der Waals surface area contributed by atoms with Gasteiger partial charge in [0.15, 0.2) is 0 Å². The molecule has 5 nitrogen and oxygen atoms in total. The third-order valence-corrected chi connectivity index (χ3v) is 5.79. The number of thioether (sulfide) groups is 1. The van der Waals surface area contributed by atoms with Gasteiger partial charge in [-0.25, -0.2) is 9.37 Å². The van der Waals surface area contributed by atoms with Crippen LogP contribution in [0.3, 0.4) is 0 Å². The summed E-state index contributed by atoms with van der Waals surface area (Å²) in [5.41, 5.74) is 3.77. The fraction of sp³-hybridized carbons (Fsp3) is 0.167. The molecule has 0 unspecified atom stereocenters. The number of carbonyl (C=O) groups excluding carboxylic acids is 1. The van der Waals surface area contributed by atoms with Crippen molar-refractivity contribution in [2.24, 2.45) is 0 Å². The molecule has 158 valence electrons. The Labute approximate surface area is 184 Å². The molecule has 2 aromatic heterocycles. The van der Waals surface area contributed by atoms with Crippen molar-refractivity contribution in [1.82, 2.24) is 15.3 Å². The topological polar surface area (TPSA) is 70.9 Å². The first-order chi connectivity index (χ1) is 15.1. The van der Waals surface area contributed by atoms with Crippen molar-refractivity contribution in [3.05, 3.63) is 84.1 Å². The minimum Gasteiger partial charge on any atom is -0.467 e. The lowest BCUT2D eigenvalue weighted by Gasteiger charge is -2.04. The molecular formula is C24H22FN3O2S. The monoisotopic (exact) mass is 435 g/mol. The molecule has 0 bridgehead atoms. The van der Waals surface area contributed by atoms with Gasteiger partial charge in [-0.15, -0.1) is 0 Å². The van der Waals surface area contributed by atoms with Crippen LogP contribution in [0.25, 0.3) is 22.6 Å². The standard InChI is InChI=1S/C24H22FN3O2S/c1-2-16-5-7-18(8-6-16)23-27-22(17-9-11-19(25)12-10-17)24(28-23)31-15-21(29)26-14-20-4-3-13-30-20/h3-13H,2,14-15H2,1H3,(H,26,29)(H,27,28). The van der Waals surface area contributed by atoms with Crippen LogP contribution in [-0.4, -0.2) is 21.6 Å². The summed E-state index contributed by atoms with van der Waals surface area (Å²) >= 11 is 1.34. The fourth-order valence-electron chi connectivity index (χ4n) is 3.09. The molecule has 2 heterocycles. The van der Waals surface area contributed by atoms with Gasteiger partial charge < -0.3 is 14.7 Å². The maximum absolute atomic E-state index is 13.4. The predicted molar refractivity (Wildman–Crippen MR) is 120 cm³/mol. The molecule has 0 saturated carbocycles. The van der Waals surface area contributed by atoms with Crippen molar-refractivity contribution in [1.29, 1.82) is 0 Å². The molecule has 7 heteroatoms. The van der Waals surface area contributed by atoms with Crippen LogP contribution in [-0.2, 0) is 17.8 Å². The molecule has 0 fully saturated rings. The van der Waals surface area contributed by atoms with Crippen molar-refractivity contribution in [3.8, 4) is 22.6 Å². The van der Waals surface area contributed by atoms with Gasteiger partial charge in [0.25, 0.3) is 0 Å². The lowest BCUT2D eigenvalue weighted by Crippen LogP contribution is -2.24. The van der Waals surface area contributed by atoms with E-state index in [1.54, 1.807) is 24.5 Å². The first-order valence-electron chi connectivity index (χ1n) is 9.99. The Morgan fingerprint density at radius 3 is 2.52 bits per heavy atom. The van der Waals surface area contributed by atoms with E-state index in [9.17, 15) is 9.18 Å². The number of hydrogen-bond acceptors (Lipinski definition) is 4. The smallest absolute Gasteiger partial charge is 0.230 e. The lowest BCUT2D eigenvalue weighted by atomic mass is 10.1. The summed E-state index contributed by atoms with van der Waals surface area (Å²) in [6, 6.07) is 18.0. The van der Waals surface area contributed by atoms with Crippen molar-refractivity contribution >= 4 is 17.7 Å². The van der Waals surface area contributed by atoms with Crippen LogP contribution in [0, 0.1) is 5.82 Å². The van der Waals surface area contributed by atoms with Crippen LogP contribution in [0.15, 0.2) is 76.4 Å². The molecule has 4 rings (SSSR count). The van der Waals surface area contributed by atoms with Crippen molar-refractivity contribution < 1.29 is 13.6 Å². The van der Waals surface area contributed by atoms with Gasteiger partial charge in [0.05, 0.1) is 24.3 Å². The third kappa shape index (κ3) is 5.24.